The summed E-state index contributed by atoms with van der Waals surface area (Å²) in [6.45, 7) is -0.875. The maximum absolute atomic E-state index is 13.3. The summed E-state index contributed by atoms with van der Waals surface area (Å²) in [5.41, 5.74) is 6.97. The highest BCUT2D eigenvalue weighted by Crippen LogP contribution is 2.58. The van der Waals surface area contributed by atoms with Crippen molar-refractivity contribution >= 4 is 39.9 Å². The van der Waals surface area contributed by atoms with Gasteiger partial charge in [0.15, 0.2) is 5.12 Å². The normalized spacial score (nSPS) is 23.2. The molecule has 3 heterocycles. The molecule has 18 heteroatoms. The van der Waals surface area contributed by atoms with Gasteiger partial charge in [0.25, 0.3) is 5.56 Å². The summed E-state index contributed by atoms with van der Waals surface area (Å²) < 4.78 is 38.3. The molecule has 218 valence electrons. The number of phosphoric acid groups is 2. The molecule has 4 aromatic rings. The number of H-pyrrole nitrogens is 1. The first-order valence-electron chi connectivity index (χ1n) is 12.0. The molecule has 8 N–H and O–H groups in total. The number of aliphatic hydroxyl groups excluding tert-OH is 2. The molecule has 2 aromatic heterocycles. The van der Waals surface area contributed by atoms with Gasteiger partial charge in [0.2, 0.25) is 6.23 Å². The fraction of sp³-hybridized carbons (Fsp3) is 0.261. The van der Waals surface area contributed by atoms with Crippen molar-refractivity contribution in [3.8, 4) is 0 Å². The van der Waals surface area contributed by atoms with E-state index in [1.54, 1.807) is 5.93 Å². The van der Waals surface area contributed by atoms with Crippen molar-refractivity contribution in [3.05, 3.63) is 88.1 Å². The first-order chi connectivity index (χ1) is 19.3. The highest BCUT2D eigenvalue weighted by molar-refractivity contribution is 7.60. The zero-order chi connectivity index (χ0) is 29.5. The fourth-order valence-electron chi connectivity index (χ4n) is 4.72. The number of aliphatic hydroxyl groups is 2. The lowest BCUT2D eigenvalue weighted by Gasteiger charge is -2.17. The van der Waals surface area contributed by atoms with Crippen molar-refractivity contribution in [2.24, 2.45) is 0 Å². The number of aromatic nitrogens is 3. The molecule has 0 spiro atoms. The van der Waals surface area contributed by atoms with Crippen LogP contribution in [0.2, 0.25) is 0 Å². The van der Waals surface area contributed by atoms with Crippen LogP contribution < -0.4 is 15.9 Å². The Bertz CT molecular complexity index is 1660. The maximum Gasteiger partial charge on any atom is 0.481 e. The van der Waals surface area contributed by atoms with E-state index in [2.05, 4.69) is 18.8 Å². The van der Waals surface area contributed by atoms with Crippen LogP contribution in [0.15, 0.2) is 71.4 Å². The second kappa shape index (κ2) is 11.5. The van der Waals surface area contributed by atoms with E-state index < -0.39 is 59.9 Å². The van der Waals surface area contributed by atoms with Gasteiger partial charge in [-0.05, 0) is 23.6 Å². The predicted molar refractivity (Wildman–Crippen MR) is 145 cm³/mol. The van der Waals surface area contributed by atoms with Crippen LogP contribution in [-0.2, 0) is 22.7 Å². The monoisotopic (exact) mass is 627 g/mol. The lowest BCUT2D eigenvalue weighted by molar-refractivity contribution is -0.741. The Hall–Kier alpha value is -2.77. The minimum Gasteiger partial charge on any atom is -0.387 e. The van der Waals surface area contributed by atoms with Gasteiger partial charge >= 0.3 is 27.2 Å². The standard InChI is InChI=1S/C23H25N4O11P3/c24-23-25-20-19(21(30)26-23)39(18(13-7-3-1-4-8-13)14-9-5-2-6-10-14)12-27(20)22-17(29)16(28)15(37-22)11-36-41(34,35)38-40(31,32)33/h1-10,12,15-18,22,28-29H,11H2,(H5-,24,25,26,30,31,32,33,34,35)/p+1/t15-,16-,17-,22-,39?/m1/s1. The highest BCUT2D eigenvalue weighted by Gasteiger charge is 2.49. The average Bonchev–Trinajstić information content (AvgIpc) is 3.40. The van der Waals surface area contributed by atoms with Gasteiger partial charge < -0.3 is 35.4 Å². The van der Waals surface area contributed by atoms with E-state index in [1.807, 2.05) is 60.7 Å². The second-order valence-corrected chi connectivity index (χ2v) is 14.0. The Morgan fingerprint density at radius 1 is 1.02 bits per heavy atom. The summed E-state index contributed by atoms with van der Waals surface area (Å²) in [7, 11) is -12.1. The number of ether oxygens (including phenoxy) is 1. The van der Waals surface area contributed by atoms with Crippen LogP contribution in [0.3, 0.4) is 0 Å². The molecule has 6 atom stereocenters. The van der Waals surface area contributed by atoms with Crippen molar-refractivity contribution in [2.75, 3.05) is 12.3 Å². The lowest BCUT2D eigenvalue weighted by Crippen LogP contribution is -2.45. The molecule has 1 aliphatic rings. The molecule has 0 amide bonds. The molecule has 0 bridgehead atoms. The fourth-order valence-corrected chi connectivity index (χ4v) is 9.01. The van der Waals surface area contributed by atoms with Crippen LogP contribution in [0.4, 0.5) is 5.95 Å². The molecule has 0 aliphatic carbocycles. The number of hydrogen-bond acceptors (Lipinski definition) is 10. The van der Waals surface area contributed by atoms with Crippen LogP contribution in [0.5, 0.6) is 0 Å². The molecule has 0 radical (unpaired) electrons. The summed E-state index contributed by atoms with van der Waals surface area (Å²) in [6.07, 6.45) is -6.07. The molecule has 2 unspecified atom stereocenters. The van der Waals surface area contributed by atoms with Crippen LogP contribution in [0, 0.1) is 0 Å². The maximum atomic E-state index is 13.3. The number of benzene rings is 2. The predicted octanol–water partition coefficient (Wildman–Crippen LogP) is 1.26. The Labute approximate surface area is 232 Å². The van der Waals surface area contributed by atoms with Gasteiger partial charge in [0, 0.05) is 0 Å². The summed E-state index contributed by atoms with van der Waals surface area (Å²) in [5.74, 6) is 1.51. The Morgan fingerprint density at radius 3 is 2.17 bits per heavy atom. The van der Waals surface area contributed by atoms with E-state index in [-0.39, 0.29) is 17.3 Å². The van der Waals surface area contributed by atoms with Gasteiger partial charge in [-0.1, -0.05) is 60.7 Å². The number of nitrogens with zero attached hydrogens (tertiary/aromatic N) is 2. The first kappa shape index (κ1) is 29.7. The third-order valence-electron chi connectivity index (χ3n) is 6.38. The Balaban J connectivity index is 1.57. The van der Waals surface area contributed by atoms with E-state index in [1.165, 1.54) is 4.57 Å². The number of nitrogens with one attached hydrogen (secondary N) is 1. The topological polar surface area (TPSA) is 239 Å². The minimum absolute atomic E-state index is 0.102. The number of nitrogens with two attached hydrogens (primary N) is 1. The minimum atomic E-state index is -5.37. The highest BCUT2D eigenvalue weighted by atomic mass is 31.3. The molecule has 1 aliphatic heterocycles. The second-order valence-electron chi connectivity index (χ2n) is 9.16. The van der Waals surface area contributed by atoms with E-state index in [4.69, 9.17) is 20.3 Å². The van der Waals surface area contributed by atoms with E-state index >= 15 is 0 Å². The summed E-state index contributed by atoms with van der Waals surface area (Å²) in [6, 6.07) is 19.0. The molecule has 41 heavy (non-hydrogen) atoms. The van der Waals surface area contributed by atoms with Crippen LogP contribution in [0.1, 0.15) is 23.0 Å². The molecule has 15 nitrogen and oxygen atoms in total. The van der Waals surface area contributed by atoms with Gasteiger partial charge in [-0.3, -0.25) is 14.3 Å². The van der Waals surface area contributed by atoms with E-state index in [0.29, 0.717) is 5.12 Å². The molecule has 1 saturated heterocycles. The summed E-state index contributed by atoms with van der Waals surface area (Å²) in [4.78, 5) is 47.3. The molecule has 1 fully saturated rings. The van der Waals surface area contributed by atoms with E-state index in [9.17, 15) is 29.0 Å². The van der Waals surface area contributed by atoms with Gasteiger partial charge in [-0.25, -0.2) is 9.13 Å². The quantitative estimate of drug-likeness (QED) is 0.102. The van der Waals surface area contributed by atoms with Crippen molar-refractivity contribution < 1.29 is 52.2 Å². The number of phosphoric ester groups is 1. The summed E-state index contributed by atoms with van der Waals surface area (Å²) in [5, 5.41) is 21.8. The smallest absolute Gasteiger partial charge is 0.387 e. The van der Waals surface area contributed by atoms with Gasteiger partial charge in [0.1, 0.15) is 24.2 Å². The average molecular weight is 627 g/mol. The number of fused-ring (bicyclic) bond motifs is 1. The number of hydrogen-bond donors (Lipinski definition) is 7. The third kappa shape index (κ3) is 6.36. The number of aromatic amines is 1. The zero-order valence-electron chi connectivity index (χ0n) is 20.9. The van der Waals surface area contributed by atoms with Gasteiger partial charge in [-0.15, -0.1) is 0 Å². The number of anilines is 1. The van der Waals surface area contributed by atoms with Crippen LogP contribution in [0.25, 0.3) is 10.8 Å². The molecule has 5 rings (SSSR count). The lowest BCUT2D eigenvalue weighted by atomic mass is 10.0. The number of nitrogen functional groups attached to an aromatic ring is 1. The van der Waals surface area contributed by atoms with E-state index in [0.717, 1.165) is 11.1 Å². The number of rotatable bonds is 9. The van der Waals surface area contributed by atoms with Crippen LogP contribution in [-0.4, -0.2) is 59.8 Å². The third-order valence-corrected chi connectivity index (χ3v) is 11.1. The van der Waals surface area contributed by atoms with Crippen molar-refractivity contribution in [1.82, 2.24) is 9.97 Å². The Kier molecular flexibility index (Phi) is 8.32. The van der Waals surface area contributed by atoms with Gasteiger partial charge in [-0.2, -0.15) is 8.88 Å². The Morgan fingerprint density at radius 2 is 1.61 bits per heavy atom. The molecule has 2 aromatic carbocycles. The van der Waals surface area contributed by atoms with Crippen molar-refractivity contribution in [1.29, 1.82) is 0 Å². The largest absolute Gasteiger partial charge is 0.481 e. The van der Waals surface area contributed by atoms with Crippen molar-refractivity contribution in [2.45, 2.75) is 30.2 Å². The SMILES string of the molecule is Nc1nc2c(c(=O)[nH]1)p(C(c1ccccc1)c1ccccc1)c[n+]2[C@@H]1O[C@H](COP(=O)(O)OP(=O)(O)O)[C@@H](O)[C@H]1O. The molecule has 0 saturated carbocycles. The zero-order valence-corrected chi connectivity index (χ0v) is 23.6. The molecular weight excluding hydrogens is 601 g/mol. The first-order valence-corrected chi connectivity index (χ1v) is 16.5. The van der Waals surface area contributed by atoms with Crippen LogP contribution >= 0.6 is 23.2 Å². The molecular formula is C23H26N4O11P3+. The van der Waals surface area contributed by atoms with Crippen molar-refractivity contribution in [3.63, 3.8) is 0 Å². The van der Waals surface area contributed by atoms with Gasteiger partial charge in [0.05, 0.1) is 12.3 Å². The summed E-state index contributed by atoms with van der Waals surface area (Å²) >= 11 is 0.